The Morgan fingerprint density at radius 3 is 3.17 bits per heavy atom. The van der Waals surface area contributed by atoms with Gasteiger partial charge < -0.3 is 14.5 Å². The molecule has 4 rings (SSSR count). The van der Waals surface area contributed by atoms with Crippen LogP contribution in [0.3, 0.4) is 0 Å². The van der Waals surface area contributed by atoms with Crippen molar-refractivity contribution in [1.82, 2.24) is 10.2 Å². The molecule has 2 aromatic heterocycles. The first-order chi connectivity index (χ1) is 11.8. The fraction of sp³-hybridized carbons (Fsp3) is 0.500. The van der Waals surface area contributed by atoms with Crippen LogP contribution in [0.2, 0.25) is 0 Å². The zero-order valence-corrected chi connectivity index (χ0v) is 14.3. The molecule has 0 unspecified atom stereocenters. The van der Waals surface area contributed by atoms with Crippen molar-refractivity contribution >= 4 is 17.2 Å². The fourth-order valence-corrected chi connectivity index (χ4v) is 4.31. The number of ether oxygens (including phenoxy) is 1. The minimum Gasteiger partial charge on any atom is -0.467 e. The summed E-state index contributed by atoms with van der Waals surface area (Å²) in [6, 6.07) is 5.86. The van der Waals surface area contributed by atoms with E-state index in [0.717, 1.165) is 38.2 Å². The molecule has 0 aliphatic carbocycles. The summed E-state index contributed by atoms with van der Waals surface area (Å²) < 4.78 is 11.3. The van der Waals surface area contributed by atoms with Crippen molar-refractivity contribution in [3.63, 3.8) is 0 Å². The second kappa shape index (κ2) is 7.09. The summed E-state index contributed by atoms with van der Waals surface area (Å²) in [6.07, 6.45) is 3.41. The van der Waals surface area contributed by atoms with Gasteiger partial charge in [0, 0.05) is 13.1 Å². The molecular weight excluding hydrogens is 324 g/mol. The summed E-state index contributed by atoms with van der Waals surface area (Å²) in [6.45, 7) is 3.40. The van der Waals surface area contributed by atoms with Gasteiger partial charge in [0.1, 0.15) is 11.9 Å². The smallest absolute Gasteiger partial charge is 0.249 e. The van der Waals surface area contributed by atoms with Crippen molar-refractivity contribution in [2.45, 2.75) is 38.1 Å². The van der Waals surface area contributed by atoms with Crippen molar-refractivity contribution < 1.29 is 13.9 Å². The Labute approximate surface area is 145 Å². The van der Waals surface area contributed by atoms with E-state index in [4.69, 9.17) is 9.15 Å². The average Bonchev–Trinajstić information content (AvgIpc) is 3.33. The molecule has 0 bridgehead atoms. The molecule has 0 spiro atoms. The van der Waals surface area contributed by atoms with Crippen molar-refractivity contribution in [2.75, 3.05) is 13.1 Å². The maximum atomic E-state index is 12.3. The van der Waals surface area contributed by atoms with Crippen LogP contribution in [0.25, 0.3) is 0 Å². The first-order valence-electron chi connectivity index (χ1n) is 8.47. The molecule has 2 aliphatic heterocycles. The Balaban J connectivity index is 1.28. The number of hydrogen-bond acceptors (Lipinski definition) is 5. The van der Waals surface area contributed by atoms with E-state index in [9.17, 15) is 4.79 Å². The Morgan fingerprint density at radius 2 is 2.38 bits per heavy atom. The van der Waals surface area contributed by atoms with Crippen LogP contribution >= 0.6 is 11.3 Å². The quantitative estimate of drug-likeness (QED) is 0.904. The van der Waals surface area contributed by atoms with Crippen molar-refractivity contribution in [3.05, 3.63) is 46.5 Å². The molecule has 2 fully saturated rings. The minimum atomic E-state index is -0.323. The first-order valence-corrected chi connectivity index (χ1v) is 9.41. The van der Waals surface area contributed by atoms with Crippen molar-refractivity contribution in [2.24, 2.45) is 5.92 Å². The molecule has 0 radical (unpaired) electrons. The van der Waals surface area contributed by atoms with Gasteiger partial charge in [-0.1, -0.05) is 0 Å². The zero-order valence-electron chi connectivity index (χ0n) is 13.5. The van der Waals surface area contributed by atoms with E-state index in [1.165, 1.54) is 5.56 Å². The summed E-state index contributed by atoms with van der Waals surface area (Å²) in [5.41, 5.74) is 1.36. The van der Waals surface area contributed by atoms with Gasteiger partial charge in [0.2, 0.25) is 5.91 Å². The lowest BCUT2D eigenvalue weighted by Crippen LogP contribution is -2.42. The molecule has 2 saturated heterocycles. The highest BCUT2D eigenvalue weighted by Gasteiger charge is 2.41. The molecule has 128 valence electrons. The highest BCUT2D eigenvalue weighted by Crippen LogP contribution is 2.33. The van der Waals surface area contributed by atoms with Crippen LogP contribution < -0.4 is 5.32 Å². The Bertz CT molecular complexity index is 656. The summed E-state index contributed by atoms with van der Waals surface area (Å²) in [4.78, 5) is 14.8. The lowest BCUT2D eigenvalue weighted by molar-refractivity contribution is -0.133. The number of carbonyl (C=O) groups is 1. The van der Waals surface area contributed by atoms with Crippen LogP contribution in [-0.2, 0) is 22.6 Å². The summed E-state index contributed by atoms with van der Waals surface area (Å²) in [5, 5.41) is 7.23. The highest BCUT2D eigenvalue weighted by atomic mass is 32.1. The summed E-state index contributed by atoms with van der Waals surface area (Å²) in [7, 11) is 0. The molecule has 1 N–H and O–H groups in total. The van der Waals surface area contributed by atoms with E-state index in [1.54, 1.807) is 17.6 Å². The topological polar surface area (TPSA) is 54.7 Å². The number of furan rings is 1. The number of fused-ring (bicyclic) bond motifs is 1. The van der Waals surface area contributed by atoms with Gasteiger partial charge in [-0.25, -0.2) is 0 Å². The van der Waals surface area contributed by atoms with Gasteiger partial charge in [-0.15, -0.1) is 0 Å². The van der Waals surface area contributed by atoms with Gasteiger partial charge >= 0.3 is 0 Å². The predicted molar refractivity (Wildman–Crippen MR) is 91.5 cm³/mol. The zero-order chi connectivity index (χ0) is 16.4. The first kappa shape index (κ1) is 15.9. The van der Waals surface area contributed by atoms with Crippen molar-refractivity contribution in [3.8, 4) is 0 Å². The molecule has 1 amide bonds. The van der Waals surface area contributed by atoms with Gasteiger partial charge in [0.25, 0.3) is 0 Å². The van der Waals surface area contributed by atoms with Gasteiger partial charge in [-0.05, 0) is 59.8 Å². The van der Waals surface area contributed by atoms with Gasteiger partial charge in [-0.2, -0.15) is 11.3 Å². The third-order valence-electron chi connectivity index (χ3n) is 4.93. The molecule has 0 aromatic carbocycles. The minimum absolute atomic E-state index is 0.0230. The van der Waals surface area contributed by atoms with Gasteiger partial charge in [0.15, 0.2) is 0 Å². The van der Waals surface area contributed by atoms with E-state index in [2.05, 4.69) is 27.0 Å². The van der Waals surface area contributed by atoms with Crippen LogP contribution in [0.15, 0.2) is 39.6 Å². The molecule has 2 aromatic rings. The van der Waals surface area contributed by atoms with Gasteiger partial charge in [-0.3, -0.25) is 9.69 Å². The van der Waals surface area contributed by atoms with Crippen molar-refractivity contribution in [1.29, 1.82) is 0 Å². The third kappa shape index (κ3) is 3.55. The van der Waals surface area contributed by atoms with E-state index >= 15 is 0 Å². The molecular formula is C18H22N2O3S. The normalized spacial score (nSPS) is 27.1. The lowest BCUT2D eigenvalue weighted by atomic mass is 9.91. The monoisotopic (exact) mass is 346 g/mol. The Morgan fingerprint density at radius 1 is 1.42 bits per heavy atom. The van der Waals surface area contributed by atoms with Crippen LogP contribution in [0.4, 0.5) is 0 Å². The number of rotatable bonds is 5. The maximum Gasteiger partial charge on any atom is 0.249 e. The number of thiophene rings is 1. The predicted octanol–water partition coefficient (Wildman–Crippen LogP) is 2.64. The van der Waals surface area contributed by atoms with E-state index in [1.807, 2.05) is 12.1 Å². The van der Waals surface area contributed by atoms with Crippen LogP contribution in [0.5, 0.6) is 0 Å². The maximum absolute atomic E-state index is 12.3. The second-order valence-corrected chi connectivity index (χ2v) is 7.39. The van der Waals surface area contributed by atoms with E-state index < -0.39 is 0 Å². The Kier molecular flexibility index (Phi) is 4.69. The number of carbonyl (C=O) groups excluding carboxylic acids is 1. The van der Waals surface area contributed by atoms with Crippen LogP contribution in [0.1, 0.15) is 24.2 Å². The second-order valence-electron chi connectivity index (χ2n) is 6.61. The Hall–Kier alpha value is -1.63. The van der Waals surface area contributed by atoms with E-state index in [0.29, 0.717) is 12.5 Å². The van der Waals surface area contributed by atoms with E-state index in [-0.39, 0.29) is 18.1 Å². The number of likely N-dealkylation sites (tertiary alicyclic amines) is 1. The molecule has 6 heteroatoms. The highest BCUT2D eigenvalue weighted by molar-refractivity contribution is 7.07. The van der Waals surface area contributed by atoms with Crippen LogP contribution in [0, 0.1) is 5.92 Å². The fourth-order valence-electron chi connectivity index (χ4n) is 3.65. The number of nitrogens with one attached hydrogen (secondary N) is 1. The molecule has 5 nitrogen and oxygen atoms in total. The molecule has 24 heavy (non-hydrogen) atoms. The molecule has 0 saturated carbocycles. The largest absolute Gasteiger partial charge is 0.467 e. The standard InChI is InChI=1S/C18H22N2O3S/c21-18(19-9-15-2-1-6-22-15)16-8-14-3-5-20(11-17(14)23-16)10-13-4-7-24-12-13/h1-2,4,6-7,12,14,16-17H,3,5,8-11H2,(H,19,21)/t14-,16+,17-/m1/s1. The molecule has 3 atom stereocenters. The average molecular weight is 346 g/mol. The number of piperidine rings is 1. The molecule has 4 heterocycles. The molecule has 2 aliphatic rings. The summed E-state index contributed by atoms with van der Waals surface area (Å²) in [5.74, 6) is 1.24. The van der Waals surface area contributed by atoms with Crippen LogP contribution in [-0.4, -0.2) is 36.1 Å². The lowest BCUT2D eigenvalue weighted by Gasteiger charge is -2.33. The number of amides is 1. The third-order valence-corrected chi connectivity index (χ3v) is 5.66. The van der Waals surface area contributed by atoms with Gasteiger partial charge in [0.05, 0.1) is 18.9 Å². The number of hydrogen-bond donors (Lipinski definition) is 1. The summed E-state index contributed by atoms with van der Waals surface area (Å²) >= 11 is 1.74. The SMILES string of the molecule is O=C(NCc1ccco1)[C@@H]1C[C@H]2CCN(Cc3ccsc3)C[C@H]2O1. The number of nitrogens with zero attached hydrogens (tertiary/aromatic N) is 1.